The van der Waals surface area contributed by atoms with Gasteiger partial charge in [0.15, 0.2) is 5.78 Å². The van der Waals surface area contributed by atoms with Crippen LogP contribution in [0.5, 0.6) is 11.5 Å². The molecule has 0 aliphatic heterocycles. The molecule has 0 fully saturated rings. The molecule has 0 saturated heterocycles. The van der Waals surface area contributed by atoms with Gasteiger partial charge in [0.1, 0.15) is 23.0 Å². The molecular weight excluding hydrogens is 412 g/mol. The number of hydrogen-bond acceptors (Lipinski definition) is 8. The van der Waals surface area contributed by atoms with Crippen LogP contribution in [0, 0.1) is 0 Å². The van der Waals surface area contributed by atoms with Crippen molar-refractivity contribution >= 4 is 17.0 Å². The van der Waals surface area contributed by atoms with Gasteiger partial charge in [0.25, 0.3) is 0 Å². The average Bonchev–Trinajstić information content (AvgIpc) is 2.75. The molecule has 32 heavy (non-hydrogen) atoms. The molecule has 1 atom stereocenters. The lowest BCUT2D eigenvalue weighted by Gasteiger charge is -2.41. The van der Waals surface area contributed by atoms with Crippen LogP contribution < -0.4 is 10.0 Å². The number of hydrogen-bond donors (Lipinski definition) is 4. The van der Waals surface area contributed by atoms with Crippen LogP contribution in [-0.4, -0.2) is 63.4 Å². The Morgan fingerprint density at radius 2 is 1.38 bits per heavy atom. The highest BCUT2D eigenvalue weighted by molar-refractivity contribution is 6.11. The number of ketones is 1. The van der Waals surface area contributed by atoms with Crippen molar-refractivity contribution in [2.24, 2.45) is 0 Å². The van der Waals surface area contributed by atoms with E-state index in [0.717, 1.165) is 0 Å². The van der Waals surface area contributed by atoms with Crippen LogP contribution in [0.1, 0.15) is 33.3 Å². The molecule has 1 unspecified atom stereocenters. The number of rotatable bonds is 7. The normalized spacial score (nSPS) is 20.7. The molecule has 0 bridgehead atoms. The number of nitrogens with zero attached hydrogens (tertiary/aromatic N) is 2. The van der Waals surface area contributed by atoms with E-state index in [4.69, 9.17) is 0 Å². The van der Waals surface area contributed by atoms with Crippen molar-refractivity contribution in [3.05, 3.63) is 58.2 Å². The lowest BCUT2D eigenvalue weighted by atomic mass is 9.77. The van der Waals surface area contributed by atoms with Crippen LogP contribution in [-0.2, 0) is 4.79 Å². The van der Waals surface area contributed by atoms with Gasteiger partial charge in [0.05, 0.1) is 11.1 Å². The largest absolute Gasteiger partial charge is 0.845 e. The molecule has 4 N–H and O–H groups in total. The molecule has 0 radical (unpaired) electrons. The van der Waals surface area contributed by atoms with Crippen molar-refractivity contribution in [2.45, 2.75) is 33.8 Å². The van der Waals surface area contributed by atoms with Crippen molar-refractivity contribution < 1.29 is 30.3 Å². The zero-order valence-corrected chi connectivity index (χ0v) is 18.7. The lowest BCUT2D eigenvalue weighted by molar-refractivity contribution is -0.390. The van der Waals surface area contributed by atoms with Gasteiger partial charge < -0.3 is 35.3 Å². The number of aromatic hydroxyl groups is 2. The monoisotopic (exact) mass is 441 g/mol. The number of aliphatic hydroxyl groups excluding tert-OH is 2. The molecule has 0 heterocycles. The highest BCUT2D eigenvalue weighted by atomic mass is 16.3. The van der Waals surface area contributed by atoms with Gasteiger partial charge in [0, 0.05) is 67.4 Å². The fourth-order valence-electron chi connectivity index (χ4n) is 4.23. The first kappa shape index (κ1) is 23.3. The quantitative estimate of drug-likeness (QED) is 0.475. The molecular formula is C24H29N2O6-. The maximum Gasteiger partial charge on any atom is 0.192 e. The number of allylic oxidation sites excluding steroid dienone is 3. The molecule has 1 aromatic rings. The summed E-state index contributed by atoms with van der Waals surface area (Å²) in [7, 11) is 0. The number of benzene rings is 1. The highest BCUT2D eigenvalue weighted by Crippen LogP contribution is 2.48. The summed E-state index contributed by atoms with van der Waals surface area (Å²) in [5.41, 5.74) is 0.198. The van der Waals surface area contributed by atoms with Gasteiger partial charge in [-0.15, -0.1) is 0 Å². The summed E-state index contributed by atoms with van der Waals surface area (Å²) in [5.74, 6) is -2.20. The summed E-state index contributed by atoms with van der Waals surface area (Å²) in [6, 6.07) is 2.84. The standard InChI is InChI=1S/C24H29N2O6/c1-5-25(6-2)13-9-15(27)19(16(28)10-13)21-23(31)22(24(21)32)20-17(29)11-14(12-18(20)30)26(7-3)8-4/h9-12,23,27-29,32H,5-8H2,1-4H3/q-1/b22-20+. The second-order valence-electron chi connectivity index (χ2n) is 7.60. The average molecular weight is 442 g/mol. The smallest absolute Gasteiger partial charge is 0.192 e. The summed E-state index contributed by atoms with van der Waals surface area (Å²) < 4.78 is 0. The predicted molar refractivity (Wildman–Crippen MR) is 120 cm³/mol. The van der Waals surface area contributed by atoms with Gasteiger partial charge in [0.2, 0.25) is 0 Å². The Kier molecular flexibility index (Phi) is 6.55. The zero-order valence-electron chi connectivity index (χ0n) is 18.7. The maximum absolute atomic E-state index is 13.0. The van der Waals surface area contributed by atoms with Gasteiger partial charge >= 0.3 is 0 Å². The minimum atomic E-state index is -1.72. The first-order chi connectivity index (χ1) is 15.2. The van der Waals surface area contributed by atoms with Gasteiger partial charge in [-0.1, -0.05) is 6.10 Å². The fraction of sp³-hybridized carbons (Fsp3) is 0.375. The summed E-state index contributed by atoms with van der Waals surface area (Å²) in [6.45, 7) is 10.3. The maximum atomic E-state index is 13.0. The Morgan fingerprint density at radius 1 is 0.844 bits per heavy atom. The predicted octanol–water partition coefficient (Wildman–Crippen LogP) is 2.50. The van der Waals surface area contributed by atoms with E-state index in [-0.39, 0.29) is 33.8 Å². The summed E-state index contributed by atoms with van der Waals surface area (Å²) >= 11 is 0. The van der Waals surface area contributed by atoms with Crippen molar-refractivity contribution in [2.75, 3.05) is 31.1 Å². The van der Waals surface area contributed by atoms with Crippen molar-refractivity contribution in [3.63, 3.8) is 0 Å². The molecule has 8 nitrogen and oxygen atoms in total. The Morgan fingerprint density at radius 3 is 1.81 bits per heavy atom. The van der Waals surface area contributed by atoms with Crippen molar-refractivity contribution in [1.82, 2.24) is 4.90 Å². The van der Waals surface area contributed by atoms with Gasteiger partial charge in [-0.3, -0.25) is 4.79 Å². The van der Waals surface area contributed by atoms with Crippen molar-refractivity contribution in [3.8, 4) is 11.5 Å². The topological polar surface area (TPSA) is 128 Å². The molecule has 3 rings (SSSR count). The van der Waals surface area contributed by atoms with Crippen molar-refractivity contribution in [1.29, 1.82) is 0 Å². The number of aliphatic hydroxyl groups is 2. The molecule has 0 saturated carbocycles. The number of phenolic OH excluding ortho intramolecular Hbond substituents is 2. The van der Waals surface area contributed by atoms with E-state index in [1.165, 1.54) is 24.3 Å². The van der Waals surface area contributed by atoms with E-state index in [0.29, 0.717) is 37.6 Å². The second kappa shape index (κ2) is 9.00. The second-order valence-corrected chi connectivity index (χ2v) is 7.60. The van der Waals surface area contributed by atoms with E-state index in [9.17, 15) is 30.3 Å². The van der Waals surface area contributed by atoms with E-state index in [1.807, 2.05) is 37.5 Å². The third-order valence-electron chi connectivity index (χ3n) is 5.98. The third kappa shape index (κ3) is 3.71. The van der Waals surface area contributed by atoms with Gasteiger partial charge in [-0.25, -0.2) is 0 Å². The number of likely N-dealkylation sites (N-methyl/N-ethyl adjacent to an activating group) is 1. The zero-order chi connectivity index (χ0) is 23.7. The van der Waals surface area contributed by atoms with Gasteiger partial charge in [-0.05, 0) is 33.3 Å². The summed E-state index contributed by atoms with van der Waals surface area (Å²) in [4.78, 5) is 16.5. The first-order valence-corrected chi connectivity index (χ1v) is 10.8. The molecule has 0 amide bonds. The molecule has 172 valence electrons. The SMILES string of the molecule is CCN(CC)C1=CC(=O)/C(=C2/C(O)=C(c3c(O)cc(N(CC)CC)cc3O)C2[O-])C(O)=C1. The van der Waals surface area contributed by atoms with E-state index in [2.05, 4.69) is 0 Å². The molecule has 2 aliphatic carbocycles. The molecule has 2 aliphatic rings. The Hall–Kier alpha value is -3.39. The number of carbonyl (C=O) groups is 1. The Bertz CT molecular complexity index is 1040. The Balaban J connectivity index is 2.05. The first-order valence-electron chi connectivity index (χ1n) is 10.8. The van der Waals surface area contributed by atoms with Crippen LogP contribution in [0.25, 0.3) is 5.57 Å². The minimum Gasteiger partial charge on any atom is -0.845 e. The van der Waals surface area contributed by atoms with E-state index >= 15 is 0 Å². The number of carbonyl (C=O) groups excluding carboxylic acids is 1. The molecule has 0 spiro atoms. The van der Waals surface area contributed by atoms with E-state index < -0.39 is 23.4 Å². The third-order valence-corrected chi connectivity index (χ3v) is 5.98. The fourth-order valence-corrected chi connectivity index (χ4v) is 4.23. The highest BCUT2D eigenvalue weighted by Gasteiger charge is 2.37. The lowest BCUT2D eigenvalue weighted by Crippen LogP contribution is -2.40. The summed E-state index contributed by atoms with van der Waals surface area (Å²) in [5, 5.41) is 55.1. The number of anilines is 1. The van der Waals surface area contributed by atoms with Crippen LogP contribution in [0.15, 0.2) is 52.6 Å². The minimum absolute atomic E-state index is 0.172. The van der Waals surface area contributed by atoms with Crippen LogP contribution in [0.2, 0.25) is 0 Å². The molecule has 1 aromatic carbocycles. The van der Waals surface area contributed by atoms with E-state index in [1.54, 1.807) is 0 Å². The molecule has 0 aromatic heterocycles. The summed E-state index contributed by atoms with van der Waals surface area (Å²) in [6.07, 6.45) is 0.993. The van der Waals surface area contributed by atoms with Gasteiger partial charge in [-0.2, -0.15) is 0 Å². The van der Waals surface area contributed by atoms with Crippen LogP contribution in [0.4, 0.5) is 5.69 Å². The van der Waals surface area contributed by atoms with Crippen LogP contribution >= 0.6 is 0 Å². The number of phenols is 2. The molecule has 8 heteroatoms. The van der Waals surface area contributed by atoms with Crippen LogP contribution in [0.3, 0.4) is 0 Å². The Labute approximate surface area is 187 Å².